The third-order valence-electron chi connectivity index (χ3n) is 4.76. The Labute approximate surface area is 186 Å². The zero-order chi connectivity index (χ0) is 21.2. The van der Waals surface area contributed by atoms with Gasteiger partial charge in [-0.15, -0.1) is 10.2 Å². The van der Waals surface area contributed by atoms with E-state index in [-0.39, 0.29) is 5.56 Å². The van der Waals surface area contributed by atoms with Gasteiger partial charge >= 0.3 is 0 Å². The molecule has 5 rings (SSSR count). The first-order chi connectivity index (χ1) is 15.2. The minimum atomic E-state index is -0.149. The minimum Gasteiger partial charge on any atom is -0.489 e. The number of ether oxygens (including phenoxy) is 1. The van der Waals surface area contributed by atoms with Gasteiger partial charge in [0.05, 0.1) is 4.53 Å². The molecule has 0 aliphatic heterocycles. The van der Waals surface area contributed by atoms with Crippen LogP contribution >= 0.6 is 22.9 Å². The van der Waals surface area contributed by atoms with Crippen molar-refractivity contribution in [1.82, 2.24) is 14.6 Å². The topological polar surface area (TPSA) is 56.5 Å². The summed E-state index contributed by atoms with van der Waals surface area (Å²) >= 11 is 7.39. The number of fused-ring (bicyclic) bond motifs is 1. The van der Waals surface area contributed by atoms with Crippen molar-refractivity contribution in [2.75, 3.05) is 0 Å². The van der Waals surface area contributed by atoms with Crippen LogP contribution in [0.15, 0.2) is 83.7 Å². The summed E-state index contributed by atoms with van der Waals surface area (Å²) in [6.07, 6.45) is 1.85. The molecule has 0 spiro atoms. The van der Waals surface area contributed by atoms with E-state index < -0.39 is 0 Å². The van der Waals surface area contributed by atoms with E-state index in [1.165, 1.54) is 15.7 Å². The normalized spacial score (nSPS) is 11.8. The van der Waals surface area contributed by atoms with Crippen molar-refractivity contribution < 1.29 is 4.74 Å². The van der Waals surface area contributed by atoms with Gasteiger partial charge in [0.1, 0.15) is 12.4 Å². The lowest BCUT2D eigenvalue weighted by Gasteiger charge is -2.06. The molecule has 2 aromatic heterocycles. The first kappa shape index (κ1) is 19.5. The molecule has 0 aliphatic rings. The van der Waals surface area contributed by atoms with Crippen LogP contribution in [-0.2, 0) is 6.61 Å². The molecule has 0 amide bonds. The fourth-order valence-electron chi connectivity index (χ4n) is 3.23. The van der Waals surface area contributed by atoms with Crippen LogP contribution in [0.25, 0.3) is 22.4 Å². The molecule has 0 N–H and O–H groups in total. The van der Waals surface area contributed by atoms with Crippen molar-refractivity contribution in [1.29, 1.82) is 0 Å². The van der Waals surface area contributed by atoms with Crippen molar-refractivity contribution in [3.8, 4) is 17.1 Å². The van der Waals surface area contributed by atoms with Crippen molar-refractivity contribution in [3.63, 3.8) is 0 Å². The van der Waals surface area contributed by atoms with Crippen molar-refractivity contribution in [2.24, 2.45) is 0 Å². The van der Waals surface area contributed by atoms with Gasteiger partial charge in [0.15, 0.2) is 5.82 Å². The molecule has 5 aromatic rings. The van der Waals surface area contributed by atoms with E-state index in [0.29, 0.717) is 26.9 Å². The summed E-state index contributed by atoms with van der Waals surface area (Å²) in [6, 6.07) is 24.9. The highest BCUT2D eigenvalue weighted by molar-refractivity contribution is 7.15. The molecule has 31 heavy (non-hydrogen) atoms. The van der Waals surface area contributed by atoms with Gasteiger partial charge in [-0.2, -0.15) is 0 Å². The Morgan fingerprint density at radius 3 is 2.55 bits per heavy atom. The summed E-state index contributed by atoms with van der Waals surface area (Å²) in [5.74, 6) is 1.26. The van der Waals surface area contributed by atoms with E-state index in [0.717, 1.165) is 22.4 Å². The molecule has 5 nitrogen and oxygen atoms in total. The largest absolute Gasteiger partial charge is 0.489 e. The van der Waals surface area contributed by atoms with Crippen LogP contribution in [0.1, 0.15) is 11.1 Å². The van der Waals surface area contributed by atoms with Crippen LogP contribution in [-0.4, -0.2) is 14.6 Å². The Morgan fingerprint density at radius 2 is 1.77 bits per heavy atom. The Bertz CT molecular complexity index is 1460. The lowest BCUT2D eigenvalue weighted by molar-refractivity contribution is 0.306. The standard InChI is InChI=1S/C24H16ClN3O2S/c25-19-8-4-7-18(14-19)22-26-27-24-28(22)23(29)21(31-24)13-16-9-11-20(12-10-16)30-15-17-5-2-1-3-6-17/h1-14H,15H2/b21-13-. The highest BCUT2D eigenvalue weighted by Gasteiger charge is 2.14. The number of rotatable bonds is 5. The molecule has 152 valence electrons. The van der Waals surface area contributed by atoms with E-state index in [4.69, 9.17) is 16.3 Å². The molecular formula is C24H16ClN3O2S. The van der Waals surface area contributed by atoms with Crippen LogP contribution in [0.4, 0.5) is 0 Å². The van der Waals surface area contributed by atoms with Gasteiger partial charge in [-0.05, 0) is 41.5 Å². The highest BCUT2D eigenvalue weighted by Crippen LogP contribution is 2.21. The molecule has 2 heterocycles. The molecule has 0 fully saturated rings. The third-order valence-corrected chi connectivity index (χ3v) is 5.95. The summed E-state index contributed by atoms with van der Waals surface area (Å²) in [7, 11) is 0. The van der Waals surface area contributed by atoms with Crippen molar-refractivity contribution >= 4 is 34.0 Å². The molecule has 7 heteroatoms. The maximum absolute atomic E-state index is 13.0. The number of aromatic nitrogens is 3. The van der Waals surface area contributed by atoms with Crippen molar-refractivity contribution in [3.05, 3.63) is 110 Å². The molecular weight excluding hydrogens is 430 g/mol. The summed E-state index contributed by atoms with van der Waals surface area (Å²) in [6.45, 7) is 0.510. The quantitative estimate of drug-likeness (QED) is 0.397. The number of nitrogens with zero attached hydrogens (tertiary/aromatic N) is 3. The molecule has 3 aromatic carbocycles. The number of benzene rings is 3. The predicted octanol–water partition coefficient (Wildman–Crippen LogP) is 4.60. The summed E-state index contributed by atoms with van der Waals surface area (Å²) < 4.78 is 7.94. The van der Waals surface area contributed by atoms with Gasteiger partial charge in [0.25, 0.3) is 5.56 Å². The lowest BCUT2D eigenvalue weighted by Crippen LogP contribution is -2.23. The second-order valence-corrected chi connectivity index (χ2v) is 8.36. The smallest absolute Gasteiger partial charge is 0.276 e. The fraction of sp³-hybridized carbons (Fsp3) is 0.0417. The molecule has 0 saturated carbocycles. The molecule has 0 radical (unpaired) electrons. The SMILES string of the molecule is O=c1/c(=C/c2ccc(OCc3ccccc3)cc2)sc2nnc(-c3cccc(Cl)c3)n12. The highest BCUT2D eigenvalue weighted by atomic mass is 35.5. The third kappa shape index (κ3) is 4.08. The maximum Gasteiger partial charge on any atom is 0.276 e. The summed E-state index contributed by atoms with van der Waals surface area (Å²) in [5.41, 5.74) is 2.62. The summed E-state index contributed by atoms with van der Waals surface area (Å²) in [5, 5.41) is 8.91. The second-order valence-electron chi connectivity index (χ2n) is 6.91. The van der Waals surface area contributed by atoms with Crippen LogP contribution < -0.4 is 14.8 Å². The second kappa shape index (κ2) is 8.34. The molecule has 0 saturated heterocycles. The van der Waals surface area contributed by atoms with Crippen LogP contribution in [0.5, 0.6) is 5.75 Å². The first-order valence-electron chi connectivity index (χ1n) is 9.60. The maximum atomic E-state index is 13.0. The Hall–Kier alpha value is -3.48. The number of thiazole rings is 1. The number of halogens is 1. The predicted molar refractivity (Wildman–Crippen MR) is 124 cm³/mol. The van der Waals surface area contributed by atoms with Crippen LogP contribution in [0.2, 0.25) is 5.02 Å². The zero-order valence-corrected chi connectivity index (χ0v) is 17.8. The molecule has 0 unspecified atom stereocenters. The Morgan fingerprint density at radius 1 is 0.968 bits per heavy atom. The number of hydrogen-bond acceptors (Lipinski definition) is 5. The minimum absolute atomic E-state index is 0.149. The van der Waals surface area contributed by atoms with E-state index in [1.54, 1.807) is 12.1 Å². The van der Waals surface area contributed by atoms with Gasteiger partial charge in [-0.1, -0.05) is 77.5 Å². The zero-order valence-electron chi connectivity index (χ0n) is 16.2. The monoisotopic (exact) mass is 445 g/mol. The van der Waals surface area contributed by atoms with Gasteiger partial charge in [-0.3, -0.25) is 4.79 Å². The molecule has 0 atom stereocenters. The van der Waals surface area contributed by atoms with Crippen LogP contribution in [0, 0.1) is 0 Å². The average molecular weight is 446 g/mol. The molecule has 0 aliphatic carbocycles. The first-order valence-corrected chi connectivity index (χ1v) is 10.8. The van der Waals surface area contributed by atoms with E-state index in [1.807, 2.05) is 72.8 Å². The van der Waals surface area contributed by atoms with E-state index in [9.17, 15) is 4.79 Å². The van der Waals surface area contributed by atoms with Gasteiger partial charge < -0.3 is 4.74 Å². The van der Waals surface area contributed by atoms with E-state index in [2.05, 4.69) is 10.2 Å². The summed E-state index contributed by atoms with van der Waals surface area (Å²) in [4.78, 5) is 13.6. The van der Waals surface area contributed by atoms with Crippen molar-refractivity contribution in [2.45, 2.75) is 6.61 Å². The average Bonchev–Trinajstić information content (AvgIpc) is 3.34. The lowest BCUT2D eigenvalue weighted by atomic mass is 10.2. The molecule has 0 bridgehead atoms. The van der Waals surface area contributed by atoms with Gasteiger partial charge in [-0.25, -0.2) is 4.40 Å². The number of hydrogen-bond donors (Lipinski definition) is 0. The Balaban J connectivity index is 1.42. The van der Waals surface area contributed by atoms with Gasteiger partial charge in [0.2, 0.25) is 4.96 Å². The fourth-order valence-corrected chi connectivity index (χ4v) is 4.33. The van der Waals surface area contributed by atoms with Crippen LogP contribution in [0.3, 0.4) is 0 Å². The van der Waals surface area contributed by atoms with E-state index >= 15 is 0 Å². The van der Waals surface area contributed by atoms with Gasteiger partial charge in [0, 0.05) is 10.6 Å². The Kier molecular flexibility index (Phi) is 5.24.